The smallest absolute Gasteiger partial charge is 0.409 e. The van der Waals surface area contributed by atoms with E-state index in [0.717, 1.165) is 4.47 Å². The number of hydrogen-bond acceptors (Lipinski definition) is 3. The molecule has 0 saturated carbocycles. The number of nitrogens with one attached hydrogen (secondary N) is 1. The molecule has 6 nitrogen and oxygen atoms in total. The molecule has 1 aromatic heterocycles. The molecule has 1 aliphatic rings. The molecule has 0 spiro atoms. The third-order valence-corrected chi connectivity index (χ3v) is 3.34. The van der Waals surface area contributed by atoms with E-state index in [9.17, 15) is 9.59 Å². The van der Waals surface area contributed by atoms with Crippen molar-refractivity contribution >= 4 is 27.9 Å². The van der Waals surface area contributed by atoms with Crippen LogP contribution in [0.3, 0.4) is 0 Å². The number of ether oxygens (including phenoxy) is 1. The number of halogens is 1. The third kappa shape index (κ3) is 2.66. The fraction of sp³-hybridized carbons (Fsp3) is 0.455. The highest BCUT2D eigenvalue weighted by Gasteiger charge is 2.25. The first-order valence-corrected chi connectivity index (χ1v) is 6.37. The minimum absolute atomic E-state index is 0.0507. The standard InChI is InChI=1S/C11H14BrN3O3/c1-18-11(17)15-4-2-14(3-5-15)10(16)9-6-8(12)7-13-9/h6-7,13H,2-5H2,1H3. The molecule has 98 valence electrons. The number of H-pyrrole nitrogens is 1. The molecule has 0 atom stereocenters. The van der Waals surface area contributed by atoms with Crippen LogP contribution in [0.5, 0.6) is 0 Å². The van der Waals surface area contributed by atoms with Gasteiger partial charge in [-0.1, -0.05) is 0 Å². The van der Waals surface area contributed by atoms with Gasteiger partial charge in [0.25, 0.3) is 5.91 Å². The van der Waals surface area contributed by atoms with Crippen LogP contribution < -0.4 is 0 Å². The second-order valence-electron chi connectivity index (χ2n) is 3.98. The van der Waals surface area contributed by atoms with Crippen molar-refractivity contribution in [3.8, 4) is 0 Å². The van der Waals surface area contributed by atoms with Crippen LogP contribution in [0.2, 0.25) is 0 Å². The van der Waals surface area contributed by atoms with E-state index in [-0.39, 0.29) is 12.0 Å². The van der Waals surface area contributed by atoms with E-state index < -0.39 is 0 Å². The number of aromatic amines is 1. The van der Waals surface area contributed by atoms with Gasteiger partial charge >= 0.3 is 6.09 Å². The fourth-order valence-electron chi connectivity index (χ4n) is 1.88. The second kappa shape index (κ2) is 5.43. The highest BCUT2D eigenvalue weighted by Crippen LogP contribution is 2.14. The first-order valence-electron chi connectivity index (χ1n) is 5.58. The van der Waals surface area contributed by atoms with Gasteiger partial charge in [0.05, 0.1) is 7.11 Å². The van der Waals surface area contributed by atoms with Crippen LogP contribution >= 0.6 is 15.9 Å². The van der Waals surface area contributed by atoms with Gasteiger partial charge in [0.1, 0.15) is 5.69 Å². The molecule has 2 heterocycles. The van der Waals surface area contributed by atoms with Gasteiger partial charge in [-0.05, 0) is 22.0 Å². The Kier molecular flexibility index (Phi) is 3.90. The van der Waals surface area contributed by atoms with Crippen molar-refractivity contribution in [2.24, 2.45) is 0 Å². The number of hydrogen-bond donors (Lipinski definition) is 1. The Labute approximate surface area is 113 Å². The summed E-state index contributed by atoms with van der Waals surface area (Å²) >= 11 is 3.29. The van der Waals surface area contributed by atoms with Crippen molar-refractivity contribution in [3.63, 3.8) is 0 Å². The summed E-state index contributed by atoms with van der Waals surface area (Å²) in [6.07, 6.45) is 1.38. The summed E-state index contributed by atoms with van der Waals surface area (Å²) in [4.78, 5) is 29.6. The molecule has 0 unspecified atom stereocenters. The molecule has 1 fully saturated rings. The number of aromatic nitrogens is 1. The second-order valence-corrected chi connectivity index (χ2v) is 4.90. The Morgan fingerprint density at radius 3 is 2.39 bits per heavy atom. The van der Waals surface area contributed by atoms with Gasteiger partial charge < -0.3 is 19.5 Å². The zero-order valence-corrected chi connectivity index (χ0v) is 11.6. The van der Waals surface area contributed by atoms with E-state index in [0.29, 0.717) is 31.9 Å². The van der Waals surface area contributed by atoms with Crippen molar-refractivity contribution in [1.82, 2.24) is 14.8 Å². The van der Waals surface area contributed by atoms with Crippen LogP contribution in [0.15, 0.2) is 16.7 Å². The van der Waals surface area contributed by atoms with Gasteiger partial charge in [-0.15, -0.1) is 0 Å². The van der Waals surface area contributed by atoms with Crippen molar-refractivity contribution in [2.45, 2.75) is 0 Å². The lowest BCUT2D eigenvalue weighted by atomic mass is 10.3. The van der Waals surface area contributed by atoms with E-state index >= 15 is 0 Å². The normalized spacial score (nSPS) is 15.7. The zero-order chi connectivity index (χ0) is 13.1. The fourth-order valence-corrected chi connectivity index (χ4v) is 2.23. The minimum atomic E-state index is -0.343. The number of carbonyl (C=O) groups excluding carboxylic acids is 2. The van der Waals surface area contributed by atoms with E-state index in [1.807, 2.05) is 0 Å². The quantitative estimate of drug-likeness (QED) is 0.849. The maximum absolute atomic E-state index is 12.1. The third-order valence-electron chi connectivity index (χ3n) is 2.88. The van der Waals surface area contributed by atoms with Crippen LogP contribution in [-0.4, -0.2) is 60.1 Å². The summed E-state index contributed by atoms with van der Waals surface area (Å²) in [6, 6.07) is 1.75. The maximum atomic E-state index is 12.1. The highest BCUT2D eigenvalue weighted by atomic mass is 79.9. The van der Waals surface area contributed by atoms with Crippen molar-refractivity contribution in [1.29, 1.82) is 0 Å². The number of methoxy groups -OCH3 is 1. The van der Waals surface area contributed by atoms with E-state index in [4.69, 9.17) is 0 Å². The molecule has 0 radical (unpaired) electrons. The number of rotatable bonds is 1. The molecule has 1 aliphatic heterocycles. The molecule has 18 heavy (non-hydrogen) atoms. The number of piperazine rings is 1. The van der Waals surface area contributed by atoms with Crippen molar-refractivity contribution < 1.29 is 14.3 Å². The van der Waals surface area contributed by atoms with Crippen LogP contribution in [-0.2, 0) is 4.74 Å². The first-order chi connectivity index (χ1) is 8.61. The lowest BCUT2D eigenvalue weighted by molar-refractivity contribution is 0.0595. The van der Waals surface area contributed by atoms with Gasteiger partial charge in [-0.2, -0.15) is 0 Å². The molecule has 1 N–H and O–H groups in total. The lowest BCUT2D eigenvalue weighted by Crippen LogP contribution is -2.50. The number of carbonyl (C=O) groups is 2. The Hall–Kier alpha value is -1.50. The van der Waals surface area contributed by atoms with Gasteiger partial charge in [-0.25, -0.2) is 4.79 Å². The van der Waals surface area contributed by atoms with E-state index in [1.54, 1.807) is 22.1 Å². The average molecular weight is 316 g/mol. The summed E-state index contributed by atoms with van der Waals surface area (Å²) in [5, 5.41) is 0. The summed E-state index contributed by atoms with van der Waals surface area (Å²) in [7, 11) is 1.36. The first kappa shape index (κ1) is 12.9. The van der Waals surface area contributed by atoms with Crippen molar-refractivity contribution in [2.75, 3.05) is 33.3 Å². The molecule has 2 amide bonds. The molecule has 1 saturated heterocycles. The summed E-state index contributed by atoms with van der Waals surface area (Å²) in [5.41, 5.74) is 0.549. The van der Waals surface area contributed by atoms with Crippen LogP contribution in [0.25, 0.3) is 0 Å². The average Bonchev–Trinajstić information content (AvgIpc) is 2.84. The lowest BCUT2D eigenvalue weighted by Gasteiger charge is -2.33. The van der Waals surface area contributed by atoms with Crippen LogP contribution in [0.4, 0.5) is 4.79 Å². The molecule has 2 rings (SSSR count). The molecular weight excluding hydrogens is 302 g/mol. The van der Waals surface area contributed by atoms with Gasteiger partial charge in [0.15, 0.2) is 0 Å². The summed E-state index contributed by atoms with van der Waals surface area (Å²) in [5.74, 6) is -0.0507. The van der Waals surface area contributed by atoms with Gasteiger partial charge in [-0.3, -0.25) is 4.79 Å². The molecule has 0 bridgehead atoms. The Balaban J connectivity index is 1.94. The highest BCUT2D eigenvalue weighted by molar-refractivity contribution is 9.10. The molecule has 1 aromatic rings. The predicted octanol–water partition coefficient (Wildman–Crippen LogP) is 1.30. The Morgan fingerprint density at radius 2 is 1.89 bits per heavy atom. The molecule has 7 heteroatoms. The molecular formula is C11H14BrN3O3. The van der Waals surface area contributed by atoms with E-state index in [2.05, 4.69) is 25.7 Å². The van der Waals surface area contributed by atoms with Crippen LogP contribution in [0.1, 0.15) is 10.5 Å². The molecule has 0 aliphatic carbocycles. The Morgan fingerprint density at radius 1 is 1.28 bits per heavy atom. The largest absolute Gasteiger partial charge is 0.453 e. The number of amides is 2. The summed E-state index contributed by atoms with van der Waals surface area (Å²) in [6.45, 7) is 2.04. The van der Waals surface area contributed by atoms with Crippen LogP contribution in [0, 0.1) is 0 Å². The molecule has 0 aromatic carbocycles. The monoisotopic (exact) mass is 315 g/mol. The minimum Gasteiger partial charge on any atom is -0.453 e. The summed E-state index contributed by atoms with van der Waals surface area (Å²) < 4.78 is 5.49. The predicted molar refractivity (Wildman–Crippen MR) is 68.4 cm³/mol. The zero-order valence-electron chi connectivity index (χ0n) is 9.98. The topological polar surface area (TPSA) is 65.6 Å². The van der Waals surface area contributed by atoms with Gasteiger partial charge in [0.2, 0.25) is 0 Å². The van der Waals surface area contributed by atoms with Crippen molar-refractivity contribution in [3.05, 3.63) is 22.4 Å². The maximum Gasteiger partial charge on any atom is 0.409 e. The SMILES string of the molecule is COC(=O)N1CCN(C(=O)c2cc(Br)c[nH]2)CC1. The number of nitrogens with zero attached hydrogens (tertiary/aromatic N) is 2. The van der Waals surface area contributed by atoms with Gasteiger partial charge in [0, 0.05) is 36.8 Å². The van der Waals surface area contributed by atoms with E-state index in [1.165, 1.54) is 7.11 Å². The Bertz CT molecular complexity index is 452.